The second kappa shape index (κ2) is 8.88. The summed E-state index contributed by atoms with van der Waals surface area (Å²) in [5, 5.41) is 17.0. The highest BCUT2D eigenvalue weighted by molar-refractivity contribution is 6.26. The summed E-state index contributed by atoms with van der Waals surface area (Å²) in [7, 11) is 11.7. The van der Waals surface area contributed by atoms with Crippen LogP contribution in [0.15, 0.2) is 80.1 Å². The summed E-state index contributed by atoms with van der Waals surface area (Å²) in [6, 6.07) is 12.1. The van der Waals surface area contributed by atoms with E-state index in [2.05, 4.69) is 10.6 Å². The molecule has 0 aliphatic carbocycles. The van der Waals surface area contributed by atoms with E-state index in [1.54, 1.807) is 17.1 Å². The summed E-state index contributed by atoms with van der Waals surface area (Å²) < 4.78 is 0. The Morgan fingerprint density at radius 3 is 1.81 bits per heavy atom. The zero-order chi connectivity index (χ0) is 25.6. The monoisotopic (exact) mass is 483 g/mol. The van der Waals surface area contributed by atoms with Gasteiger partial charge in [0.15, 0.2) is 11.7 Å². The van der Waals surface area contributed by atoms with Gasteiger partial charge in [-0.3, -0.25) is 0 Å². The van der Waals surface area contributed by atoms with Crippen molar-refractivity contribution in [3.63, 3.8) is 0 Å². The molecule has 3 heterocycles. The Morgan fingerprint density at radius 2 is 1.28 bits per heavy atom. The summed E-state index contributed by atoms with van der Waals surface area (Å²) in [4.78, 5) is 25.0. The van der Waals surface area contributed by atoms with Gasteiger partial charge in [-0.15, -0.1) is 0 Å². The van der Waals surface area contributed by atoms with E-state index in [-0.39, 0.29) is 5.76 Å². The molecule has 2 aromatic rings. The van der Waals surface area contributed by atoms with E-state index >= 15 is 0 Å². The van der Waals surface area contributed by atoms with Crippen LogP contribution in [0.1, 0.15) is 11.1 Å². The van der Waals surface area contributed by atoms with E-state index in [0.717, 1.165) is 33.9 Å². The molecular weight excluding hydrogens is 454 g/mol. The Labute approximate surface area is 210 Å². The molecule has 0 aromatic heterocycles. The number of nitrogens with zero attached hydrogens (tertiary/aromatic N) is 7. The molecule has 0 unspecified atom stereocenters. The Kier molecular flexibility index (Phi) is 5.71. The van der Waals surface area contributed by atoms with Crippen LogP contribution < -0.4 is 20.4 Å². The smallest absolute Gasteiger partial charge is 0.241 e. The predicted molar refractivity (Wildman–Crippen MR) is 149 cm³/mol. The normalized spacial score (nSPS) is 16.0. The third-order valence-corrected chi connectivity index (χ3v) is 6.12. The van der Waals surface area contributed by atoms with Gasteiger partial charge in [0.1, 0.15) is 17.4 Å². The van der Waals surface area contributed by atoms with E-state index in [0.29, 0.717) is 29.3 Å². The topological polar surface area (TPSA) is 103 Å². The molecule has 0 radical (unpaired) electrons. The van der Waals surface area contributed by atoms with Crippen LogP contribution in [0.4, 0.5) is 22.7 Å². The molecule has 0 atom stereocenters. The molecule has 0 bridgehead atoms. The molecule has 0 amide bonds. The van der Waals surface area contributed by atoms with Crippen molar-refractivity contribution in [3.8, 4) is 0 Å². The lowest BCUT2D eigenvalue weighted by atomic mass is 10.1. The second-order valence-corrected chi connectivity index (χ2v) is 8.91. The van der Waals surface area contributed by atoms with Crippen LogP contribution in [-0.2, 0) is 0 Å². The number of benzene rings is 2. The maximum absolute atomic E-state index is 10.5. The SMILES string of the molecule is CNc1cc(N(C)C)ccc1C1=NC2=CC(O)=CC3=NC(c4ccc(N(C)C)cc4NC)=NC(=N1)N23. The minimum absolute atomic E-state index is 0.0687. The molecule has 10 nitrogen and oxygen atoms in total. The molecule has 3 aliphatic rings. The Bertz CT molecular complexity index is 1370. The predicted octanol–water partition coefficient (Wildman–Crippen LogP) is 3.48. The van der Waals surface area contributed by atoms with Crippen LogP contribution in [0.3, 0.4) is 0 Å². The second-order valence-electron chi connectivity index (χ2n) is 8.91. The van der Waals surface area contributed by atoms with Crippen molar-refractivity contribution in [2.75, 3.05) is 62.7 Å². The number of aliphatic hydroxyl groups excluding tert-OH is 1. The average Bonchev–Trinajstić information content (AvgIpc) is 2.87. The zero-order valence-electron chi connectivity index (χ0n) is 21.2. The maximum atomic E-state index is 10.5. The van der Waals surface area contributed by atoms with E-state index in [1.807, 2.05) is 88.5 Å². The third kappa shape index (κ3) is 3.96. The number of allylic oxidation sites excluding steroid dienone is 1. The molecule has 2 aromatic carbocycles. The van der Waals surface area contributed by atoms with Crippen molar-refractivity contribution in [1.29, 1.82) is 0 Å². The van der Waals surface area contributed by atoms with Gasteiger partial charge in [0.2, 0.25) is 5.96 Å². The molecule has 0 saturated heterocycles. The highest BCUT2D eigenvalue weighted by Crippen LogP contribution is 2.31. The van der Waals surface area contributed by atoms with Gasteiger partial charge >= 0.3 is 0 Å². The van der Waals surface area contributed by atoms with Crippen LogP contribution in [0.5, 0.6) is 0 Å². The fourth-order valence-electron chi connectivity index (χ4n) is 4.17. The largest absolute Gasteiger partial charge is 0.508 e. The van der Waals surface area contributed by atoms with Gasteiger partial charge in [-0.1, -0.05) is 0 Å². The van der Waals surface area contributed by atoms with Crippen molar-refractivity contribution in [2.24, 2.45) is 20.0 Å². The molecule has 0 fully saturated rings. The van der Waals surface area contributed by atoms with Gasteiger partial charge in [0.25, 0.3) is 0 Å². The van der Waals surface area contributed by atoms with Crippen LogP contribution in [-0.4, -0.2) is 75.8 Å². The first-order valence-electron chi connectivity index (χ1n) is 11.6. The number of anilines is 4. The number of hydrogen-bond donors (Lipinski definition) is 3. The molecule has 0 saturated carbocycles. The van der Waals surface area contributed by atoms with Gasteiger partial charge in [-0.2, -0.15) is 9.98 Å². The third-order valence-electron chi connectivity index (χ3n) is 6.12. The fraction of sp³-hybridized carbons (Fsp3) is 0.231. The number of amidine groups is 3. The number of rotatable bonds is 6. The van der Waals surface area contributed by atoms with Crippen molar-refractivity contribution in [1.82, 2.24) is 4.90 Å². The fourth-order valence-corrected chi connectivity index (χ4v) is 4.17. The van der Waals surface area contributed by atoms with Crippen molar-refractivity contribution < 1.29 is 5.11 Å². The van der Waals surface area contributed by atoms with Crippen LogP contribution in [0, 0.1) is 0 Å². The van der Waals surface area contributed by atoms with Crippen LogP contribution in [0.25, 0.3) is 0 Å². The van der Waals surface area contributed by atoms with E-state index in [1.165, 1.54) is 0 Å². The number of aliphatic hydroxyl groups is 1. The molecule has 5 rings (SSSR count). The minimum atomic E-state index is 0.0687. The molecular formula is C26H29N9O. The first-order valence-corrected chi connectivity index (χ1v) is 11.6. The summed E-state index contributed by atoms with van der Waals surface area (Å²) >= 11 is 0. The molecule has 3 N–H and O–H groups in total. The number of nitrogens with one attached hydrogen (secondary N) is 2. The molecule has 184 valence electrons. The lowest BCUT2D eigenvalue weighted by molar-refractivity contribution is 0.427. The van der Waals surface area contributed by atoms with Gasteiger partial charge < -0.3 is 25.5 Å². The first kappa shape index (κ1) is 23.2. The zero-order valence-corrected chi connectivity index (χ0v) is 21.2. The number of hydrogen-bond acceptors (Lipinski definition) is 10. The summed E-state index contributed by atoms with van der Waals surface area (Å²) in [6.07, 6.45) is 3.18. The van der Waals surface area contributed by atoms with Crippen molar-refractivity contribution in [3.05, 3.63) is 71.3 Å². The van der Waals surface area contributed by atoms with Crippen LogP contribution in [0.2, 0.25) is 0 Å². The van der Waals surface area contributed by atoms with E-state index < -0.39 is 0 Å². The lowest BCUT2D eigenvalue weighted by Crippen LogP contribution is -2.42. The van der Waals surface area contributed by atoms with Crippen LogP contribution >= 0.6 is 0 Å². The summed E-state index contributed by atoms with van der Waals surface area (Å²) in [5.41, 5.74) is 5.55. The highest BCUT2D eigenvalue weighted by Gasteiger charge is 2.33. The molecule has 36 heavy (non-hydrogen) atoms. The Hall–Kier alpha value is -4.60. The first-order chi connectivity index (χ1) is 17.3. The summed E-state index contributed by atoms with van der Waals surface area (Å²) in [6.45, 7) is 0. The molecule has 3 aliphatic heterocycles. The van der Waals surface area contributed by atoms with Crippen molar-refractivity contribution >= 4 is 46.2 Å². The number of guanidine groups is 1. The standard InChI is InChI=1S/C26H29N9O/c1-27-20-11-15(33(3)4)7-9-18(20)24-29-22-13-17(36)14-23-30-25(32-26(31-24)35(22)23)19-10-8-16(34(5)6)12-21(19)28-2/h7-14,27-28,36H,1-6H3. The lowest BCUT2D eigenvalue weighted by Gasteiger charge is -2.32. The number of aliphatic imine (C=N–C) groups is 4. The quantitative estimate of drug-likeness (QED) is 0.581. The van der Waals surface area contributed by atoms with E-state index in [4.69, 9.17) is 20.0 Å². The average molecular weight is 484 g/mol. The van der Waals surface area contributed by atoms with Crippen molar-refractivity contribution in [2.45, 2.75) is 0 Å². The van der Waals surface area contributed by atoms with Gasteiger partial charge in [0, 0.05) is 88.3 Å². The molecule has 10 heteroatoms. The van der Waals surface area contributed by atoms with Gasteiger partial charge in [-0.05, 0) is 36.4 Å². The Balaban J connectivity index is 1.65. The minimum Gasteiger partial charge on any atom is -0.508 e. The molecule has 0 spiro atoms. The van der Waals surface area contributed by atoms with E-state index in [9.17, 15) is 5.11 Å². The summed E-state index contributed by atoms with van der Waals surface area (Å²) in [5.74, 6) is 2.52. The maximum Gasteiger partial charge on any atom is 0.241 e. The highest BCUT2D eigenvalue weighted by atomic mass is 16.3. The van der Waals surface area contributed by atoms with Gasteiger partial charge in [0.05, 0.1) is 0 Å². The van der Waals surface area contributed by atoms with Gasteiger partial charge in [-0.25, -0.2) is 14.9 Å². The Morgan fingerprint density at radius 1 is 0.722 bits per heavy atom.